The highest BCUT2D eigenvalue weighted by Crippen LogP contribution is 2.19. The van der Waals surface area contributed by atoms with E-state index in [1.54, 1.807) is 0 Å². The fraction of sp³-hybridized carbons (Fsp3) is 0.667. The molecule has 3 nitrogen and oxygen atoms in total. The van der Waals surface area contributed by atoms with Gasteiger partial charge in [0, 0.05) is 12.1 Å². The van der Waals surface area contributed by atoms with E-state index in [0.29, 0.717) is 24.9 Å². The van der Waals surface area contributed by atoms with Crippen LogP contribution in [0.4, 0.5) is 4.39 Å². The Balaban J connectivity index is 2.60. The second-order valence-electron chi connectivity index (χ2n) is 4.88. The van der Waals surface area contributed by atoms with Crippen molar-refractivity contribution in [1.82, 2.24) is 10.3 Å². The van der Waals surface area contributed by atoms with Crippen LogP contribution in [0.25, 0.3) is 0 Å². The average molecular weight is 268 g/mol. The number of halogens is 1. The summed E-state index contributed by atoms with van der Waals surface area (Å²) in [5.41, 5.74) is 0.771. The van der Waals surface area contributed by atoms with Crippen molar-refractivity contribution in [2.24, 2.45) is 5.92 Å². The van der Waals surface area contributed by atoms with Crippen LogP contribution in [0.15, 0.2) is 12.3 Å². The van der Waals surface area contributed by atoms with Crippen molar-refractivity contribution in [1.29, 1.82) is 0 Å². The standard InChI is InChI=1S/C15H25FN2O/c1-4-6-7-12(5-2)11-19-15-13(9-17-3)8-14(16)10-18-15/h8,10,12,17H,4-7,9,11H2,1-3H3. The van der Waals surface area contributed by atoms with Crippen LogP contribution < -0.4 is 10.1 Å². The van der Waals surface area contributed by atoms with E-state index in [-0.39, 0.29) is 5.82 Å². The van der Waals surface area contributed by atoms with E-state index in [1.807, 2.05) is 7.05 Å². The Hall–Kier alpha value is -1.16. The third kappa shape index (κ3) is 5.55. The lowest BCUT2D eigenvalue weighted by molar-refractivity contribution is 0.223. The maximum absolute atomic E-state index is 13.2. The number of rotatable bonds is 9. The van der Waals surface area contributed by atoms with Gasteiger partial charge in [0.25, 0.3) is 0 Å². The number of nitrogens with zero attached hydrogens (tertiary/aromatic N) is 1. The van der Waals surface area contributed by atoms with Crippen LogP contribution in [0, 0.1) is 11.7 Å². The van der Waals surface area contributed by atoms with E-state index in [1.165, 1.54) is 31.5 Å². The lowest BCUT2D eigenvalue weighted by Gasteiger charge is -2.16. The van der Waals surface area contributed by atoms with Crippen molar-refractivity contribution in [2.45, 2.75) is 46.1 Å². The first-order valence-corrected chi connectivity index (χ1v) is 7.13. The number of aromatic nitrogens is 1. The minimum absolute atomic E-state index is 0.323. The van der Waals surface area contributed by atoms with Gasteiger partial charge in [-0.15, -0.1) is 0 Å². The van der Waals surface area contributed by atoms with Gasteiger partial charge < -0.3 is 10.1 Å². The molecule has 1 aromatic rings. The monoisotopic (exact) mass is 268 g/mol. The van der Waals surface area contributed by atoms with Gasteiger partial charge in [0.15, 0.2) is 0 Å². The van der Waals surface area contributed by atoms with Gasteiger partial charge in [-0.2, -0.15) is 0 Å². The third-order valence-corrected chi connectivity index (χ3v) is 3.26. The van der Waals surface area contributed by atoms with E-state index >= 15 is 0 Å². The Morgan fingerprint density at radius 3 is 2.84 bits per heavy atom. The molecule has 1 aromatic heterocycles. The van der Waals surface area contributed by atoms with Gasteiger partial charge in [0.2, 0.25) is 5.88 Å². The zero-order valence-electron chi connectivity index (χ0n) is 12.2. The Labute approximate surface area is 115 Å². The molecule has 1 unspecified atom stereocenters. The summed E-state index contributed by atoms with van der Waals surface area (Å²) in [6.07, 6.45) is 5.91. The molecule has 0 saturated heterocycles. The Bertz CT molecular complexity index is 371. The molecule has 4 heteroatoms. The highest BCUT2D eigenvalue weighted by atomic mass is 19.1. The predicted molar refractivity (Wildman–Crippen MR) is 75.8 cm³/mol. The number of pyridine rings is 1. The number of nitrogens with one attached hydrogen (secondary N) is 1. The molecule has 0 aliphatic heterocycles. The Kier molecular flexibility index (Phi) is 7.41. The molecule has 0 saturated carbocycles. The number of hydrogen-bond acceptors (Lipinski definition) is 3. The Morgan fingerprint density at radius 2 is 2.21 bits per heavy atom. The first-order valence-electron chi connectivity index (χ1n) is 7.13. The SMILES string of the molecule is CCCCC(CC)COc1ncc(F)cc1CNC. The summed E-state index contributed by atoms with van der Waals surface area (Å²) in [4.78, 5) is 4.05. The first kappa shape index (κ1) is 15.9. The van der Waals surface area contributed by atoms with E-state index < -0.39 is 0 Å². The fourth-order valence-electron chi connectivity index (χ4n) is 2.01. The Morgan fingerprint density at radius 1 is 1.42 bits per heavy atom. The van der Waals surface area contributed by atoms with Crippen LogP contribution >= 0.6 is 0 Å². The van der Waals surface area contributed by atoms with Gasteiger partial charge >= 0.3 is 0 Å². The molecule has 108 valence electrons. The van der Waals surface area contributed by atoms with Crippen molar-refractivity contribution >= 4 is 0 Å². The molecule has 19 heavy (non-hydrogen) atoms. The summed E-state index contributed by atoms with van der Waals surface area (Å²) in [6, 6.07) is 1.48. The number of unbranched alkanes of at least 4 members (excludes halogenated alkanes) is 1. The van der Waals surface area contributed by atoms with Crippen molar-refractivity contribution in [3.63, 3.8) is 0 Å². The van der Waals surface area contributed by atoms with Crippen molar-refractivity contribution in [3.8, 4) is 5.88 Å². The molecule has 0 aromatic carbocycles. The minimum atomic E-state index is -0.323. The molecule has 1 heterocycles. The van der Waals surface area contributed by atoms with E-state index in [4.69, 9.17) is 4.74 Å². The van der Waals surface area contributed by atoms with Gasteiger partial charge in [-0.05, 0) is 25.5 Å². The van der Waals surface area contributed by atoms with Gasteiger partial charge in [-0.25, -0.2) is 9.37 Å². The molecule has 0 aliphatic carbocycles. The summed E-state index contributed by atoms with van der Waals surface area (Å²) in [5.74, 6) is 0.774. The largest absolute Gasteiger partial charge is 0.477 e. The van der Waals surface area contributed by atoms with Gasteiger partial charge in [0.05, 0.1) is 12.8 Å². The van der Waals surface area contributed by atoms with Crippen LogP contribution in [-0.4, -0.2) is 18.6 Å². The molecule has 1 N–H and O–H groups in total. The second kappa shape index (κ2) is 8.86. The van der Waals surface area contributed by atoms with E-state index in [9.17, 15) is 4.39 Å². The van der Waals surface area contributed by atoms with E-state index in [0.717, 1.165) is 12.0 Å². The molecule has 0 bridgehead atoms. The smallest absolute Gasteiger partial charge is 0.218 e. The zero-order valence-corrected chi connectivity index (χ0v) is 12.2. The molecule has 0 fully saturated rings. The molecule has 1 atom stereocenters. The van der Waals surface area contributed by atoms with Crippen LogP contribution in [0.3, 0.4) is 0 Å². The lowest BCUT2D eigenvalue weighted by atomic mass is 10.0. The summed E-state index contributed by atoms with van der Waals surface area (Å²) in [5, 5.41) is 3.00. The average Bonchev–Trinajstić information content (AvgIpc) is 2.41. The predicted octanol–water partition coefficient (Wildman–Crippen LogP) is 3.54. The second-order valence-corrected chi connectivity index (χ2v) is 4.88. The number of hydrogen-bond donors (Lipinski definition) is 1. The van der Waals surface area contributed by atoms with E-state index in [2.05, 4.69) is 24.1 Å². The minimum Gasteiger partial charge on any atom is -0.477 e. The van der Waals surface area contributed by atoms with Crippen LogP contribution in [0.5, 0.6) is 5.88 Å². The number of ether oxygens (including phenoxy) is 1. The van der Waals surface area contributed by atoms with Crippen LogP contribution in [0.1, 0.15) is 45.1 Å². The molecule has 0 radical (unpaired) electrons. The first-order chi connectivity index (χ1) is 9.21. The normalized spacial score (nSPS) is 12.4. The molecule has 0 amide bonds. The molecular weight excluding hydrogens is 243 g/mol. The highest BCUT2D eigenvalue weighted by Gasteiger charge is 2.11. The quantitative estimate of drug-likeness (QED) is 0.744. The van der Waals surface area contributed by atoms with Gasteiger partial charge in [-0.1, -0.05) is 33.1 Å². The van der Waals surface area contributed by atoms with Crippen LogP contribution in [-0.2, 0) is 6.54 Å². The van der Waals surface area contributed by atoms with Crippen molar-refractivity contribution in [3.05, 3.63) is 23.6 Å². The lowest BCUT2D eigenvalue weighted by Crippen LogP contribution is -2.15. The van der Waals surface area contributed by atoms with Crippen molar-refractivity contribution in [2.75, 3.05) is 13.7 Å². The third-order valence-electron chi connectivity index (χ3n) is 3.26. The summed E-state index contributed by atoms with van der Waals surface area (Å²) < 4.78 is 18.9. The maximum atomic E-state index is 13.2. The van der Waals surface area contributed by atoms with Gasteiger partial charge in [-0.3, -0.25) is 0 Å². The van der Waals surface area contributed by atoms with Crippen molar-refractivity contribution < 1.29 is 9.13 Å². The highest BCUT2D eigenvalue weighted by molar-refractivity contribution is 5.26. The van der Waals surface area contributed by atoms with Crippen LogP contribution in [0.2, 0.25) is 0 Å². The molecular formula is C15H25FN2O. The molecule has 0 spiro atoms. The summed E-state index contributed by atoms with van der Waals surface area (Å²) >= 11 is 0. The topological polar surface area (TPSA) is 34.1 Å². The summed E-state index contributed by atoms with van der Waals surface area (Å²) in [7, 11) is 1.82. The van der Waals surface area contributed by atoms with Gasteiger partial charge in [0.1, 0.15) is 5.82 Å². The summed E-state index contributed by atoms with van der Waals surface area (Å²) in [6.45, 7) is 5.59. The zero-order chi connectivity index (χ0) is 14.1. The maximum Gasteiger partial charge on any atom is 0.218 e. The molecule has 1 rings (SSSR count). The fourth-order valence-corrected chi connectivity index (χ4v) is 2.01. The molecule has 0 aliphatic rings.